The van der Waals surface area contributed by atoms with Gasteiger partial charge in [-0.1, -0.05) is 96.6 Å². The SMILES string of the molecule is CCCCCCCCCCCCCCC=CCC1=NC(CC)CO1. The molecule has 1 rings (SSSR count). The largest absolute Gasteiger partial charge is 0.478 e. The van der Waals surface area contributed by atoms with Gasteiger partial charge in [-0.3, -0.25) is 0 Å². The van der Waals surface area contributed by atoms with E-state index in [0.29, 0.717) is 6.04 Å². The van der Waals surface area contributed by atoms with Crippen molar-refractivity contribution < 1.29 is 4.74 Å². The molecule has 24 heavy (non-hydrogen) atoms. The van der Waals surface area contributed by atoms with Crippen LogP contribution in [0.4, 0.5) is 0 Å². The second-order valence-electron chi connectivity index (χ2n) is 7.25. The molecular weight excluding hydrogens is 294 g/mol. The first-order valence-electron chi connectivity index (χ1n) is 10.7. The van der Waals surface area contributed by atoms with E-state index >= 15 is 0 Å². The maximum atomic E-state index is 5.57. The fourth-order valence-electron chi connectivity index (χ4n) is 3.20. The molecule has 0 aromatic carbocycles. The Kier molecular flexibility index (Phi) is 13.9. The molecule has 1 unspecified atom stereocenters. The zero-order valence-electron chi connectivity index (χ0n) is 16.4. The van der Waals surface area contributed by atoms with Gasteiger partial charge in [-0.05, 0) is 19.3 Å². The topological polar surface area (TPSA) is 21.6 Å². The minimum absolute atomic E-state index is 0.407. The van der Waals surface area contributed by atoms with Crippen LogP contribution < -0.4 is 0 Å². The van der Waals surface area contributed by atoms with Crippen LogP contribution in [0.1, 0.15) is 110 Å². The highest BCUT2D eigenvalue weighted by Gasteiger charge is 2.14. The summed E-state index contributed by atoms with van der Waals surface area (Å²) in [6.07, 6.45) is 24.8. The summed E-state index contributed by atoms with van der Waals surface area (Å²) >= 11 is 0. The second-order valence-corrected chi connectivity index (χ2v) is 7.25. The molecule has 2 nitrogen and oxygen atoms in total. The van der Waals surface area contributed by atoms with Crippen LogP contribution in [0.25, 0.3) is 0 Å². The van der Waals surface area contributed by atoms with Crippen LogP contribution in [-0.4, -0.2) is 18.5 Å². The van der Waals surface area contributed by atoms with Crippen LogP contribution in [0.3, 0.4) is 0 Å². The molecule has 0 amide bonds. The Labute approximate surface area is 151 Å². The van der Waals surface area contributed by atoms with Crippen molar-refractivity contribution >= 4 is 5.90 Å². The predicted molar refractivity (Wildman–Crippen MR) is 107 cm³/mol. The van der Waals surface area contributed by atoms with Gasteiger partial charge in [0, 0.05) is 6.42 Å². The highest BCUT2D eigenvalue weighted by molar-refractivity contribution is 5.79. The van der Waals surface area contributed by atoms with Crippen molar-refractivity contribution in [2.75, 3.05) is 6.61 Å². The van der Waals surface area contributed by atoms with E-state index in [1.54, 1.807) is 0 Å². The minimum Gasteiger partial charge on any atom is -0.478 e. The normalized spacial score (nSPS) is 17.4. The Balaban J connectivity index is 1.78. The minimum atomic E-state index is 0.407. The van der Waals surface area contributed by atoms with Crippen molar-refractivity contribution in [2.24, 2.45) is 4.99 Å². The van der Waals surface area contributed by atoms with Crippen molar-refractivity contribution in [1.82, 2.24) is 0 Å². The Hall–Kier alpha value is -0.790. The third-order valence-electron chi connectivity index (χ3n) is 4.92. The third-order valence-corrected chi connectivity index (χ3v) is 4.92. The molecule has 0 aliphatic carbocycles. The average Bonchev–Trinajstić information content (AvgIpc) is 3.06. The van der Waals surface area contributed by atoms with Crippen LogP contribution in [0, 0.1) is 0 Å². The summed E-state index contributed by atoms with van der Waals surface area (Å²) in [6, 6.07) is 0.407. The molecule has 2 heteroatoms. The monoisotopic (exact) mass is 335 g/mol. The Bertz CT molecular complexity index is 335. The lowest BCUT2D eigenvalue weighted by atomic mass is 10.0. The second kappa shape index (κ2) is 15.7. The highest BCUT2D eigenvalue weighted by atomic mass is 16.5. The first kappa shape index (κ1) is 21.3. The van der Waals surface area contributed by atoms with Crippen molar-refractivity contribution in [2.45, 2.75) is 116 Å². The van der Waals surface area contributed by atoms with Gasteiger partial charge in [-0.2, -0.15) is 0 Å². The molecule has 0 aromatic heterocycles. The molecule has 1 aliphatic rings. The smallest absolute Gasteiger partial charge is 0.187 e. The summed E-state index contributed by atoms with van der Waals surface area (Å²) in [4.78, 5) is 4.55. The summed E-state index contributed by atoms with van der Waals surface area (Å²) in [5, 5.41) is 0. The lowest BCUT2D eigenvalue weighted by Gasteiger charge is -2.02. The summed E-state index contributed by atoms with van der Waals surface area (Å²) < 4.78 is 5.57. The average molecular weight is 336 g/mol. The van der Waals surface area contributed by atoms with E-state index in [9.17, 15) is 0 Å². The first-order chi connectivity index (χ1) is 11.9. The van der Waals surface area contributed by atoms with Crippen LogP contribution in [0.5, 0.6) is 0 Å². The molecule has 0 radical (unpaired) electrons. The molecule has 0 saturated heterocycles. The predicted octanol–water partition coefficient (Wildman–Crippen LogP) is 7.23. The zero-order valence-corrected chi connectivity index (χ0v) is 16.4. The van der Waals surface area contributed by atoms with Gasteiger partial charge in [0.05, 0.1) is 6.04 Å². The fraction of sp³-hybridized carbons (Fsp3) is 0.864. The highest BCUT2D eigenvalue weighted by Crippen LogP contribution is 2.13. The molecule has 0 aromatic rings. The molecular formula is C22H41NO. The maximum absolute atomic E-state index is 5.57. The third kappa shape index (κ3) is 11.7. The van der Waals surface area contributed by atoms with Gasteiger partial charge in [0.1, 0.15) is 6.61 Å². The number of nitrogens with zero attached hydrogens (tertiary/aromatic N) is 1. The van der Waals surface area contributed by atoms with E-state index in [-0.39, 0.29) is 0 Å². The van der Waals surface area contributed by atoms with Crippen LogP contribution in [0.15, 0.2) is 17.1 Å². The quantitative estimate of drug-likeness (QED) is 0.215. The number of hydrogen-bond donors (Lipinski definition) is 0. The van der Waals surface area contributed by atoms with E-state index in [2.05, 4.69) is 31.0 Å². The van der Waals surface area contributed by atoms with E-state index < -0.39 is 0 Å². The number of aliphatic imine (C=N–C) groups is 1. The van der Waals surface area contributed by atoms with Gasteiger partial charge in [-0.15, -0.1) is 0 Å². The summed E-state index contributed by atoms with van der Waals surface area (Å²) in [5.41, 5.74) is 0. The zero-order chi connectivity index (χ0) is 17.3. The van der Waals surface area contributed by atoms with E-state index in [4.69, 9.17) is 4.74 Å². The molecule has 0 bridgehead atoms. The summed E-state index contributed by atoms with van der Waals surface area (Å²) in [6.45, 7) is 5.25. The van der Waals surface area contributed by atoms with Gasteiger partial charge >= 0.3 is 0 Å². The van der Waals surface area contributed by atoms with Crippen molar-refractivity contribution in [3.63, 3.8) is 0 Å². The Morgan fingerprint density at radius 3 is 1.96 bits per heavy atom. The summed E-state index contributed by atoms with van der Waals surface area (Å²) in [5.74, 6) is 0.938. The molecule has 1 aliphatic heterocycles. The van der Waals surface area contributed by atoms with Gasteiger partial charge < -0.3 is 4.74 Å². The van der Waals surface area contributed by atoms with Gasteiger partial charge in [0.15, 0.2) is 5.90 Å². The van der Waals surface area contributed by atoms with E-state index in [1.165, 1.54) is 83.5 Å². The van der Waals surface area contributed by atoms with Crippen LogP contribution in [-0.2, 0) is 4.74 Å². The first-order valence-corrected chi connectivity index (χ1v) is 10.7. The van der Waals surface area contributed by atoms with Crippen molar-refractivity contribution in [1.29, 1.82) is 0 Å². The summed E-state index contributed by atoms with van der Waals surface area (Å²) in [7, 11) is 0. The van der Waals surface area contributed by atoms with Gasteiger partial charge in [-0.25, -0.2) is 4.99 Å². The van der Waals surface area contributed by atoms with Crippen molar-refractivity contribution in [3.8, 4) is 0 Å². The molecule has 0 N–H and O–H groups in total. The fourth-order valence-corrected chi connectivity index (χ4v) is 3.20. The lowest BCUT2D eigenvalue weighted by molar-refractivity contribution is 0.310. The van der Waals surface area contributed by atoms with Gasteiger partial charge in [0.25, 0.3) is 0 Å². The Morgan fingerprint density at radius 1 is 0.833 bits per heavy atom. The molecule has 1 heterocycles. The molecule has 140 valence electrons. The number of hydrogen-bond acceptors (Lipinski definition) is 2. The van der Waals surface area contributed by atoms with Crippen LogP contribution in [0.2, 0.25) is 0 Å². The number of ether oxygens (including phenoxy) is 1. The Morgan fingerprint density at radius 2 is 1.42 bits per heavy atom. The van der Waals surface area contributed by atoms with Crippen molar-refractivity contribution in [3.05, 3.63) is 12.2 Å². The number of unbranched alkanes of at least 4 members (excludes halogenated alkanes) is 12. The van der Waals surface area contributed by atoms with E-state index in [1.807, 2.05) is 0 Å². The standard InChI is InChI=1S/C22H41NO/c1-3-5-6-7-8-9-10-11-12-13-14-15-16-17-18-19-22-23-21(4-2)20-24-22/h17-18,21H,3-16,19-20H2,1-2H3. The maximum Gasteiger partial charge on any atom is 0.187 e. The molecule has 0 saturated carbocycles. The number of rotatable bonds is 16. The van der Waals surface area contributed by atoms with Gasteiger partial charge in [0.2, 0.25) is 0 Å². The molecule has 1 atom stereocenters. The van der Waals surface area contributed by atoms with E-state index in [0.717, 1.165) is 25.3 Å². The molecule has 0 fully saturated rings. The molecule has 0 spiro atoms. The van der Waals surface area contributed by atoms with Crippen LogP contribution >= 0.6 is 0 Å². The number of allylic oxidation sites excluding steroid dienone is 1. The lowest BCUT2D eigenvalue weighted by Crippen LogP contribution is -2.03.